The molecule has 0 N–H and O–H groups in total. The van der Waals surface area contributed by atoms with Gasteiger partial charge in [0.25, 0.3) is 5.91 Å². The third kappa shape index (κ3) is 6.73. The van der Waals surface area contributed by atoms with Crippen molar-refractivity contribution in [3.05, 3.63) is 93.5 Å². The molecule has 7 heteroatoms. The number of amides is 1. The highest BCUT2D eigenvalue weighted by molar-refractivity contribution is 6.35. The van der Waals surface area contributed by atoms with Gasteiger partial charge in [-0.1, -0.05) is 48.3 Å². The van der Waals surface area contributed by atoms with Crippen molar-refractivity contribution in [3.8, 4) is 5.75 Å². The van der Waals surface area contributed by atoms with E-state index in [4.69, 9.17) is 32.7 Å². The summed E-state index contributed by atoms with van der Waals surface area (Å²) in [6.45, 7) is 4.17. The van der Waals surface area contributed by atoms with Crippen molar-refractivity contribution in [1.29, 1.82) is 0 Å². The summed E-state index contributed by atoms with van der Waals surface area (Å²) in [5.41, 5.74) is 2.93. The van der Waals surface area contributed by atoms with Gasteiger partial charge in [-0.15, -0.1) is 0 Å². The number of aryl methyl sites for hydroxylation is 1. The molecule has 0 aliphatic rings. The van der Waals surface area contributed by atoms with Gasteiger partial charge in [0.05, 0.1) is 18.7 Å². The van der Waals surface area contributed by atoms with E-state index >= 15 is 0 Å². The molecule has 0 atom stereocenters. The fourth-order valence-electron chi connectivity index (χ4n) is 3.18. The molecular formula is C26H25Cl2NO4. The number of carbonyl (C=O) groups excluding carboxylic acids is 2. The molecule has 0 radical (unpaired) electrons. The lowest BCUT2D eigenvalue weighted by atomic mass is 10.1. The second kappa shape index (κ2) is 11.7. The van der Waals surface area contributed by atoms with Crippen molar-refractivity contribution in [2.75, 3.05) is 18.1 Å². The molecule has 0 spiro atoms. The Hall–Kier alpha value is -3.02. The molecule has 0 fully saturated rings. The molecule has 3 aromatic rings. The topological polar surface area (TPSA) is 55.8 Å². The van der Waals surface area contributed by atoms with Crippen LogP contribution in [-0.4, -0.2) is 25.1 Å². The molecule has 0 heterocycles. The van der Waals surface area contributed by atoms with E-state index in [1.165, 1.54) is 5.56 Å². The molecule has 0 aliphatic carbocycles. The standard InChI is InChI=1S/C26H25Cl2NO4/c1-3-18-5-13-23(14-6-18)33-17-25(30)29(16-20-7-10-21(27)15-24(20)28)22-11-8-19(9-12-22)26(31)32-4-2/h5-15H,3-4,16-17H2,1-2H3. The van der Waals surface area contributed by atoms with Gasteiger partial charge in [-0.05, 0) is 73.0 Å². The van der Waals surface area contributed by atoms with E-state index in [9.17, 15) is 9.59 Å². The maximum Gasteiger partial charge on any atom is 0.338 e. The number of nitrogens with zero attached hydrogens (tertiary/aromatic N) is 1. The Labute approximate surface area is 203 Å². The average Bonchev–Trinajstić information content (AvgIpc) is 2.82. The predicted octanol–water partition coefficient (Wildman–Crippen LogP) is 6.34. The van der Waals surface area contributed by atoms with Gasteiger partial charge in [0.2, 0.25) is 0 Å². The van der Waals surface area contributed by atoms with Crippen LogP contribution in [0.4, 0.5) is 5.69 Å². The highest BCUT2D eigenvalue weighted by atomic mass is 35.5. The molecule has 1 amide bonds. The van der Waals surface area contributed by atoms with Crippen molar-refractivity contribution < 1.29 is 19.1 Å². The number of esters is 1. The third-order valence-electron chi connectivity index (χ3n) is 5.03. The fourth-order valence-corrected chi connectivity index (χ4v) is 3.65. The minimum atomic E-state index is -0.415. The van der Waals surface area contributed by atoms with Crippen molar-refractivity contribution in [1.82, 2.24) is 0 Å². The Morgan fingerprint density at radius 2 is 1.61 bits per heavy atom. The maximum atomic E-state index is 13.2. The number of benzene rings is 3. The SMILES string of the molecule is CCOC(=O)c1ccc(N(Cc2ccc(Cl)cc2Cl)C(=O)COc2ccc(CC)cc2)cc1. The van der Waals surface area contributed by atoms with Crippen LogP contribution < -0.4 is 9.64 Å². The van der Waals surface area contributed by atoms with E-state index in [-0.39, 0.29) is 25.7 Å². The Balaban J connectivity index is 1.82. The quantitative estimate of drug-likeness (QED) is 0.331. The van der Waals surface area contributed by atoms with Gasteiger partial charge in [-0.3, -0.25) is 4.79 Å². The zero-order valence-electron chi connectivity index (χ0n) is 18.5. The van der Waals surface area contributed by atoms with Crippen LogP contribution in [0.1, 0.15) is 35.3 Å². The summed E-state index contributed by atoms with van der Waals surface area (Å²) in [7, 11) is 0. The monoisotopic (exact) mass is 485 g/mol. The molecule has 5 nitrogen and oxygen atoms in total. The zero-order chi connectivity index (χ0) is 23.8. The van der Waals surface area contributed by atoms with Gasteiger partial charge in [-0.25, -0.2) is 4.79 Å². The average molecular weight is 486 g/mol. The van der Waals surface area contributed by atoms with E-state index in [0.717, 1.165) is 12.0 Å². The van der Waals surface area contributed by atoms with Crippen LogP contribution in [-0.2, 0) is 22.5 Å². The first-order valence-corrected chi connectivity index (χ1v) is 11.4. The molecule has 172 valence electrons. The van der Waals surface area contributed by atoms with E-state index < -0.39 is 5.97 Å². The largest absolute Gasteiger partial charge is 0.484 e. The van der Waals surface area contributed by atoms with Crippen LogP contribution in [0, 0.1) is 0 Å². The zero-order valence-corrected chi connectivity index (χ0v) is 20.0. The maximum absolute atomic E-state index is 13.2. The minimum absolute atomic E-state index is 0.156. The van der Waals surface area contributed by atoms with Gasteiger partial charge in [0.1, 0.15) is 5.75 Å². The van der Waals surface area contributed by atoms with Crippen LogP contribution in [0.15, 0.2) is 66.7 Å². The summed E-state index contributed by atoms with van der Waals surface area (Å²) in [6.07, 6.45) is 0.927. The molecule has 0 saturated carbocycles. The van der Waals surface area contributed by atoms with E-state index in [0.29, 0.717) is 27.0 Å². The highest BCUT2D eigenvalue weighted by Crippen LogP contribution is 2.26. The predicted molar refractivity (Wildman–Crippen MR) is 131 cm³/mol. The van der Waals surface area contributed by atoms with Crippen molar-refractivity contribution in [3.63, 3.8) is 0 Å². The lowest BCUT2D eigenvalue weighted by Crippen LogP contribution is -2.34. The van der Waals surface area contributed by atoms with E-state index in [2.05, 4.69) is 6.92 Å². The van der Waals surface area contributed by atoms with Crippen molar-refractivity contribution >= 4 is 40.8 Å². The summed E-state index contributed by atoms with van der Waals surface area (Å²) >= 11 is 12.4. The fraction of sp³-hybridized carbons (Fsp3) is 0.231. The summed E-state index contributed by atoms with van der Waals surface area (Å²) < 4.78 is 10.8. The number of hydrogen-bond donors (Lipinski definition) is 0. The third-order valence-corrected chi connectivity index (χ3v) is 5.62. The first-order valence-electron chi connectivity index (χ1n) is 10.6. The summed E-state index contributed by atoms with van der Waals surface area (Å²) in [5, 5.41) is 0.971. The van der Waals surface area contributed by atoms with Crippen LogP contribution in [0.2, 0.25) is 10.0 Å². The van der Waals surface area contributed by atoms with Crippen LogP contribution in [0.3, 0.4) is 0 Å². The lowest BCUT2D eigenvalue weighted by molar-refractivity contribution is -0.120. The Bertz CT molecular complexity index is 1100. The van der Waals surface area contributed by atoms with E-state index in [1.54, 1.807) is 54.3 Å². The second-order valence-corrected chi connectivity index (χ2v) is 8.11. The van der Waals surface area contributed by atoms with Crippen LogP contribution >= 0.6 is 23.2 Å². The van der Waals surface area contributed by atoms with Gasteiger partial charge >= 0.3 is 5.97 Å². The molecular weight excluding hydrogens is 461 g/mol. The van der Waals surface area contributed by atoms with Crippen LogP contribution in [0.5, 0.6) is 5.75 Å². The summed E-state index contributed by atoms with van der Waals surface area (Å²) in [6, 6.07) is 19.4. The number of hydrogen-bond acceptors (Lipinski definition) is 4. The second-order valence-electron chi connectivity index (χ2n) is 7.27. The minimum Gasteiger partial charge on any atom is -0.484 e. The molecule has 0 aromatic heterocycles. The van der Waals surface area contributed by atoms with Gasteiger partial charge in [0, 0.05) is 15.7 Å². The number of ether oxygens (including phenoxy) is 2. The van der Waals surface area contributed by atoms with E-state index in [1.807, 2.05) is 24.3 Å². The molecule has 0 aliphatic heterocycles. The Morgan fingerprint density at radius 1 is 0.909 bits per heavy atom. The molecule has 0 bridgehead atoms. The van der Waals surface area contributed by atoms with Gasteiger partial charge in [0.15, 0.2) is 6.61 Å². The lowest BCUT2D eigenvalue weighted by Gasteiger charge is -2.24. The normalized spacial score (nSPS) is 10.5. The molecule has 0 unspecified atom stereocenters. The van der Waals surface area contributed by atoms with Crippen molar-refractivity contribution in [2.24, 2.45) is 0 Å². The summed E-state index contributed by atoms with van der Waals surface area (Å²) in [4.78, 5) is 26.7. The van der Waals surface area contributed by atoms with Crippen molar-refractivity contribution in [2.45, 2.75) is 26.8 Å². The first-order chi connectivity index (χ1) is 15.9. The molecule has 33 heavy (non-hydrogen) atoms. The summed E-state index contributed by atoms with van der Waals surface area (Å²) in [5.74, 6) is -0.0614. The van der Waals surface area contributed by atoms with Crippen LogP contribution in [0.25, 0.3) is 0 Å². The number of anilines is 1. The highest BCUT2D eigenvalue weighted by Gasteiger charge is 2.19. The Kier molecular flexibility index (Phi) is 8.75. The Morgan fingerprint density at radius 3 is 2.21 bits per heavy atom. The number of halogens is 2. The van der Waals surface area contributed by atoms with Gasteiger partial charge in [-0.2, -0.15) is 0 Å². The number of rotatable bonds is 9. The smallest absolute Gasteiger partial charge is 0.338 e. The molecule has 3 aromatic carbocycles. The number of carbonyl (C=O) groups is 2. The molecule has 0 saturated heterocycles. The first kappa shape index (κ1) is 24.6. The molecule has 3 rings (SSSR count). The van der Waals surface area contributed by atoms with Gasteiger partial charge < -0.3 is 14.4 Å².